The van der Waals surface area contributed by atoms with Gasteiger partial charge >= 0.3 is 5.97 Å². The zero-order valence-electron chi connectivity index (χ0n) is 15.2. The van der Waals surface area contributed by atoms with Gasteiger partial charge in [-0.2, -0.15) is 5.10 Å². The van der Waals surface area contributed by atoms with Gasteiger partial charge in [0, 0.05) is 30.3 Å². The highest BCUT2D eigenvalue weighted by Crippen LogP contribution is 2.26. The van der Waals surface area contributed by atoms with Crippen LogP contribution in [0, 0.1) is 6.92 Å². The summed E-state index contributed by atoms with van der Waals surface area (Å²) in [5, 5.41) is 7.26. The van der Waals surface area contributed by atoms with Crippen molar-refractivity contribution in [1.82, 2.24) is 14.3 Å². The minimum absolute atomic E-state index is 0.239. The molecule has 1 amide bonds. The molecular weight excluding hydrogens is 344 g/mol. The van der Waals surface area contributed by atoms with E-state index in [1.54, 1.807) is 30.0 Å². The number of carbonyl (C=O) groups is 2. The van der Waals surface area contributed by atoms with Gasteiger partial charge in [0.2, 0.25) is 0 Å². The molecule has 0 saturated carbocycles. The van der Waals surface area contributed by atoms with Crippen molar-refractivity contribution in [3.63, 3.8) is 0 Å². The van der Waals surface area contributed by atoms with Crippen LogP contribution in [0.4, 0.5) is 5.69 Å². The van der Waals surface area contributed by atoms with Gasteiger partial charge in [-0.1, -0.05) is 12.1 Å². The number of aromatic nitrogens is 3. The van der Waals surface area contributed by atoms with E-state index in [-0.39, 0.29) is 5.91 Å². The van der Waals surface area contributed by atoms with Gasteiger partial charge in [0.05, 0.1) is 18.7 Å². The molecule has 4 rings (SSSR count). The lowest BCUT2D eigenvalue weighted by atomic mass is 10.1. The second-order valence-corrected chi connectivity index (χ2v) is 6.54. The second kappa shape index (κ2) is 6.75. The molecule has 3 heterocycles. The molecule has 1 aromatic carbocycles. The molecule has 0 saturated heterocycles. The predicted octanol–water partition coefficient (Wildman–Crippen LogP) is 2.83. The largest absolute Gasteiger partial charge is 0.462 e. The number of aryl methyl sites for hydroxylation is 1. The molecule has 1 N–H and O–H groups in total. The number of esters is 1. The maximum Gasteiger partial charge on any atom is 0.339 e. The molecule has 0 aliphatic carbocycles. The van der Waals surface area contributed by atoms with Crippen LogP contribution in [-0.4, -0.2) is 32.8 Å². The molecule has 7 heteroatoms. The molecule has 138 valence electrons. The zero-order chi connectivity index (χ0) is 19.0. The summed E-state index contributed by atoms with van der Waals surface area (Å²) in [6, 6.07) is 9.55. The molecule has 1 aliphatic heterocycles. The third-order valence-electron chi connectivity index (χ3n) is 4.66. The Morgan fingerprint density at radius 2 is 2.15 bits per heavy atom. The first kappa shape index (κ1) is 17.1. The van der Waals surface area contributed by atoms with Gasteiger partial charge in [0.25, 0.3) is 5.91 Å². The number of fused-ring (bicyclic) bond motifs is 2. The van der Waals surface area contributed by atoms with Crippen LogP contribution < -0.4 is 5.32 Å². The smallest absolute Gasteiger partial charge is 0.339 e. The fourth-order valence-electron chi connectivity index (χ4n) is 3.24. The highest BCUT2D eigenvalue weighted by atomic mass is 16.5. The summed E-state index contributed by atoms with van der Waals surface area (Å²) in [5.74, 6) is -0.659. The fraction of sp³-hybridized carbons (Fsp3) is 0.250. The molecule has 0 radical (unpaired) electrons. The summed E-state index contributed by atoms with van der Waals surface area (Å²) in [5.41, 5.74) is 4.73. The molecule has 2 aromatic heterocycles. The second-order valence-electron chi connectivity index (χ2n) is 6.54. The maximum absolute atomic E-state index is 12.6. The van der Waals surface area contributed by atoms with Gasteiger partial charge in [-0.15, -0.1) is 0 Å². The van der Waals surface area contributed by atoms with E-state index < -0.39 is 5.97 Å². The first-order valence-electron chi connectivity index (χ1n) is 8.84. The number of hydrogen-bond acceptors (Lipinski definition) is 4. The number of ether oxygens (including phenoxy) is 1. The predicted molar refractivity (Wildman–Crippen MR) is 100.0 cm³/mol. The van der Waals surface area contributed by atoms with Crippen molar-refractivity contribution in [2.24, 2.45) is 0 Å². The Morgan fingerprint density at radius 1 is 1.30 bits per heavy atom. The van der Waals surface area contributed by atoms with Crippen LogP contribution in [0.2, 0.25) is 0 Å². The summed E-state index contributed by atoms with van der Waals surface area (Å²) in [4.78, 5) is 24.6. The average molecular weight is 364 g/mol. The van der Waals surface area contributed by atoms with Gasteiger partial charge in [-0.25, -0.2) is 4.79 Å². The molecule has 0 spiro atoms. The molecule has 3 aromatic rings. The van der Waals surface area contributed by atoms with Crippen LogP contribution >= 0.6 is 0 Å². The van der Waals surface area contributed by atoms with Gasteiger partial charge in [0.15, 0.2) is 0 Å². The van der Waals surface area contributed by atoms with Crippen molar-refractivity contribution in [3.8, 4) is 0 Å². The van der Waals surface area contributed by atoms with Crippen LogP contribution in [0.15, 0.2) is 42.7 Å². The topological polar surface area (TPSA) is 78.2 Å². The van der Waals surface area contributed by atoms with E-state index in [0.717, 1.165) is 22.5 Å². The number of amides is 1. The number of benzene rings is 1. The highest BCUT2D eigenvalue weighted by Gasteiger charge is 2.23. The quantitative estimate of drug-likeness (QED) is 0.722. The van der Waals surface area contributed by atoms with Crippen molar-refractivity contribution in [1.29, 1.82) is 0 Å². The molecule has 7 nitrogen and oxygen atoms in total. The zero-order valence-corrected chi connectivity index (χ0v) is 15.2. The van der Waals surface area contributed by atoms with Crippen molar-refractivity contribution in [3.05, 3.63) is 70.8 Å². The summed E-state index contributed by atoms with van der Waals surface area (Å²) in [6.45, 7) is 5.20. The van der Waals surface area contributed by atoms with E-state index in [1.165, 1.54) is 0 Å². The molecule has 0 fully saturated rings. The van der Waals surface area contributed by atoms with Gasteiger partial charge in [0.1, 0.15) is 5.69 Å². The molecule has 0 atom stereocenters. The van der Waals surface area contributed by atoms with E-state index in [9.17, 15) is 9.59 Å². The lowest BCUT2D eigenvalue weighted by molar-refractivity contribution is 0.0526. The lowest BCUT2D eigenvalue weighted by Crippen LogP contribution is -2.13. The number of hydrogen-bond donors (Lipinski definition) is 1. The van der Waals surface area contributed by atoms with Crippen LogP contribution in [-0.2, 0) is 17.8 Å². The number of nitrogens with one attached hydrogen (secondary N) is 1. The molecule has 27 heavy (non-hydrogen) atoms. The summed E-state index contributed by atoms with van der Waals surface area (Å²) >= 11 is 0. The number of nitrogens with zero attached hydrogens (tertiary/aromatic N) is 3. The first-order valence-corrected chi connectivity index (χ1v) is 8.84. The Hall–Kier alpha value is -3.35. The van der Waals surface area contributed by atoms with Crippen molar-refractivity contribution >= 4 is 17.6 Å². The van der Waals surface area contributed by atoms with Gasteiger partial charge in [-0.3, -0.25) is 9.48 Å². The van der Waals surface area contributed by atoms with Crippen LogP contribution in [0.1, 0.15) is 44.6 Å². The Labute approximate surface area is 156 Å². The van der Waals surface area contributed by atoms with E-state index in [4.69, 9.17) is 4.74 Å². The number of anilines is 1. The van der Waals surface area contributed by atoms with E-state index >= 15 is 0 Å². The van der Waals surface area contributed by atoms with Gasteiger partial charge in [-0.05, 0) is 43.2 Å². The fourth-order valence-corrected chi connectivity index (χ4v) is 3.24. The lowest BCUT2D eigenvalue weighted by Gasteiger charge is -2.11. The highest BCUT2D eigenvalue weighted by molar-refractivity contribution is 6.06. The van der Waals surface area contributed by atoms with E-state index in [1.807, 2.05) is 35.9 Å². The molecule has 1 aliphatic rings. The SMILES string of the molecule is CCOC(=O)c1cc2n(c1)Cc1ccc(Cn3nccc3C)cc1NC2=O. The molecular formula is C20H20N4O3. The minimum atomic E-state index is -0.420. The normalized spacial score (nSPS) is 12.7. The Kier molecular flexibility index (Phi) is 4.27. The van der Waals surface area contributed by atoms with Crippen LogP contribution in [0.5, 0.6) is 0 Å². The Balaban J connectivity index is 1.63. The van der Waals surface area contributed by atoms with E-state index in [2.05, 4.69) is 10.4 Å². The molecule has 0 bridgehead atoms. The summed E-state index contributed by atoms with van der Waals surface area (Å²) < 4.78 is 8.72. The van der Waals surface area contributed by atoms with Crippen LogP contribution in [0.3, 0.4) is 0 Å². The first-order chi connectivity index (χ1) is 13.0. The monoisotopic (exact) mass is 364 g/mol. The van der Waals surface area contributed by atoms with Gasteiger partial charge < -0.3 is 14.6 Å². The Bertz CT molecular complexity index is 1030. The number of carbonyl (C=O) groups excluding carboxylic acids is 2. The van der Waals surface area contributed by atoms with Crippen molar-refractivity contribution in [2.45, 2.75) is 26.9 Å². The summed E-state index contributed by atoms with van der Waals surface area (Å²) in [7, 11) is 0. The molecule has 0 unspecified atom stereocenters. The standard InChI is InChI=1S/C20H20N4O3/c1-3-27-20(26)16-9-18-19(25)22-17-8-14(10-24-13(2)6-7-21-24)4-5-15(17)11-23(18)12-16/h4-9,12H,3,10-11H2,1-2H3,(H,22,25). The maximum atomic E-state index is 12.6. The summed E-state index contributed by atoms with van der Waals surface area (Å²) in [6.07, 6.45) is 3.44. The van der Waals surface area contributed by atoms with Crippen molar-refractivity contribution in [2.75, 3.05) is 11.9 Å². The number of rotatable bonds is 4. The Morgan fingerprint density at radius 3 is 2.89 bits per heavy atom. The average Bonchev–Trinajstić information content (AvgIpc) is 3.21. The third kappa shape index (κ3) is 3.23. The third-order valence-corrected chi connectivity index (χ3v) is 4.66. The van der Waals surface area contributed by atoms with Crippen LogP contribution in [0.25, 0.3) is 0 Å². The minimum Gasteiger partial charge on any atom is -0.462 e. The van der Waals surface area contributed by atoms with Crippen molar-refractivity contribution < 1.29 is 14.3 Å². The van der Waals surface area contributed by atoms with E-state index in [0.29, 0.717) is 31.0 Å².